The monoisotopic (exact) mass is 200 g/mol. The second-order valence-corrected chi connectivity index (χ2v) is 3.50. The van der Waals surface area contributed by atoms with E-state index in [0.717, 1.165) is 23.8 Å². The predicted octanol–water partition coefficient (Wildman–Crippen LogP) is 1.31. The molecule has 0 bridgehead atoms. The number of aryl methyl sites for hydroxylation is 1. The van der Waals surface area contributed by atoms with Crippen LogP contribution in [0.4, 0.5) is 5.82 Å². The lowest BCUT2D eigenvalue weighted by molar-refractivity contribution is -0.680. The molecule has 3 nitrogen and oxygen atoms in total. The van der Waals surface area contributed by atoms with Crippen molar-refractivity contribution in [3.8, 4) is 0 Å². The molecule has 15 heavy (non-hydrogen) atoms. The summed E-state index contributed by atoms with van der Waals surface area (Å²) in [5.74, 6) is 0.764. The molecule has 76 valence electrons. The SMILES string of the molecule is Cc1cccc(N)[n+]1Cc1ccccn1. The average molecular weight is 200 g/mol. The largest absolute Gasteiger partial charge is 0.287 e. The molecule has 3 heteroatoms. The quantitative estimate of drug-likeness (QED) is 0.743. The molecule has 2 N–H and O–H groups in total. The van der Waals surface area contributed by atoms with Crippen LogP contribution in [-0.4, -0.2) is 4.98 Å². The Kier molecular flexibility index (Phi) is 2.63. The fourth-order valence-corrected chi connectivity index (χ4v) is 1.54. The fourth-order valence-electron chi connectivity index (χ4n) is 1.54. The number of pyridine rings is 2. The number of nitrogen functional groups attached to an aromatic ring is 1. The van der Waals surface area contributed by atoms with E-state index < -0.39 is 0 Å². The Morgan fingerprint density at radius 3 is 2.73 bits per heavy atom. The molecule has 0 aliphatic rings. The number of nitrogens with zero attached hydrogens (tertiary/aromatic N) is 2. The standard InChI is InChI=1S/C12H13N3/c1-10-5-4-7-12(13)15(10)9-11-6-2-3-8-14-11/h2-8,13H,9H2,1H3/p+1. The topological polar surface area (TPSA) is 42.8 Å². The molecular weight excluding hydrogens is 186 g/mol. The van der Waals surface area contributed by atoms with Gasteiger partial charge in [0.05, 0.1) is 5.69 Å². The molecule has 0 aliphatic carbocycles. The Balaban J connectivity index is 2.32. The molecule has 0 amide bonds. The molecule has 0 fully saturated rings. The first-order valence-corrected chi connectivity index (χ1v) is 4.92. The van der Waals surface area contributed by atoms with Crippen molar-refractivity contribution in [1.29, 1.82) is 0 Å². The normalized spacial score (nSPS) is 10.2. The number of rotatable bonds is 2. The second kappa shape index (κ2) is 4.09. The maximum absolute atomic E-state index is 5.90. The Bertz CT molecular complexity index is 431. The van der Waals surface area contributed by atoms with Crippen molar-refractivity contribution >= 4 is 5.82 Å². The van der Waals surface area contributed by atoms with Crippen LogP contribution in [0.2, 0.25) is 0 Å². The summed E-state index contributed by atoms with van der Waals surface area (Å²) in [6.45, 7) is 2.76. The highest BCUT2D eigenvalue weighted by Crippen LogP contribution is 2.00. The van der Waals surface area contributed by atoms with Crippen molar-refractivity contribution in [3.05, 3.63) is 54.0 Å². The number of aromatic nitrogens is 2. The van der Waals surface area contributed by atoms with Crippen molar-refractivity contribution in [2.45, 2.75) is 13.5 Å². The number of hydrogen-bond acceptors (Lipinski definition) is 2. The van der Waals surface area contributed by atoms with E-state index in [2.05, 4.69) is 4.98 Å². The van der Waals surface area contributed by atoms with Crippen LogP contribution in [-0.2, 0) is 6.54 Å². The van der Waals surface area contributed by atoms with Crippen molar-refractivity contribution in [2.75, 3.05) is 5.73 Å². The number of hydrogen-bond donors (Lipinski definition) is 1. The highest BCUT2D eigenvalue weighted by atomic mass is 15.0. The van der Waals surface area contributed by atoms with Gasteiger partial charge in [0.2, 0.25) is 0 Å². The first-order chi connectivity index (χ1) is 7.27. The van der Waals surface area contributed by atoms with Crippen LogP contribution in [0.1, 0.15) is 11.4 Å². The van der Waals surface area contributed by atoms with Crippen molar-refractivity contribution in [3.63, 3.8) is 0 Å². The molecule has 0 aromatic carbocycles. The van der Waals surface area contributed by atoms with Gasteiger partial charge in [0.25, 0.3) is 5.82 Å². The molecule has 0 saturated heterocycles. The molecule has 2 rings (SSSR count). The van der Waals surface area contributed by atoms with Crippen LogP contribution in [0.25, 0.3) is 0 Å². The Morgan fingerprint density at radius 2 is 2.07 bits per heavy atom. The predicted molar refractivity (Wildman–Crippen MR) is 59.1 cm³/mol. The molecule has 0 aliphatic heterocycles. The van der Waals surface area contributed by atoms with Gasteiger partial charge < -0.3 is 0 Å². The molecule has 0 unspecified atom stereocenters. The lowest BCUT2D eigenvalue weighted by Gasteiger charge is -2.05. The maximum atomic E-state index is 5.90. The fraction of sp³-hybridized carbons (Fsp3) is 0.167. The van der Waals surface area contributed by atoms with Gasteiger partial charge in [-0.3, -0.25) is 10.7 Å². The molecule has 0 radical (unpaired) electrons. The molecule has 0 spiro atoms. The van der Waals surface area contributed by atoms with E-state index in [4.69, 9.17) is 5.73 Å². The summed E-state index contributed by atoms with van der Waals surface area (Å²) < 4.78 is 2.04. The van der Waals surface area contributed by atoms with Crippen LogP contribution in [0, 0.1) is 6.92 Å². The van der Waals surface area contributed by atoms with Gasteiger partial charge in [-0.2, -0.15) is 0 Å². The van der Waals surface area contributed by atoms with Gasteiger partial charge in [0.15, 0.2) is 0 Å². The molecule has 2 heterocycles. The third-order valence-corrected chi connectivity index (χ3v) is 2.39. The summed E-state index contributed by atoms with van der Waals surface area (Å²) in [6, 6.07) is 11.8. The highest BCUT2D eigenvalue weighted by Gasteiger charge is 2.07. The van der Waals surface area contributed by atoms with Crippen molar-refractivity contribution in [1.82, 2.24) is 4.98 Å². The van der Waals surface area contributed by atoms with Crippen molar-refractivity contribution in [2.24, 2.45) is 0 Å². The molecule has 2 aromatic rings. The van der Waals surface area contributed by atoms with E-state index in [1.807, 2.05) is 47.9 Å². The first kappa shape index (κ1) is 9.65. The third-order valence-electron chi connectivity index (χ3n) is 2.39. The van der Waals surface area contributed by atoms with Crippen molar-refractivity contribution < 1.29 is 4.57 Å². The van der Waals surface area contributed by atoms with Crippen LogP contribution >= 0.6 is 0 Å². The van der Waals surface area contributed by atoms with Gasteiger partial charge in [0, 0.05) is 12.3 Å². The van der Waals surface area contributed by atoms with Crippen LogP contribution in [0.15, 0.2) is 42.6 Å². The molecule has 0 atom stereocenters. The highest BCUT2D eigenvalue weighted by molar-refractivity contribution is 5.21. The summed E-state index contributed by atoms with van der Waals surface area (Å²) >= 11 is 0. The van der Waals surface area contributed by atoms with E-state index in [1.54, 1.807) is 6.20 Å². The van der Waals surface area contributed by atoms with Crippen LogP contribution in [0.5, 0.6) is 0 Å². The van der Waals surface area contributed by atoms with E-state index in [-0.39, 0.29) is 0 Å². The first-order valence-electron chi connectivity index (χ1n) is 4.92. The second-order valence-electron chi connectivity index (χ2n) is 3.50. The number of anilines is 1. The zero-order valence-electron chi connectivity index (χ0n) is 8.72. The molecule has 0 saturated carbocycles. The zero-order chi connectivity index (χ0) is 10.7. The van der Waals surface area contributed by atoms with Gasteiger partial charge in [-0.1, -0.05) is 12.1 Å². The summed E-state index contributed by atoms with van der Waals surface area (Å²) in [7, 11) is 0. The third kappa shape index (κ3) is 2.13. The summed E-state index contributed by atoms with van der Waals surface area (Å²) in [5.41, 5.74) is 8.06. The van der Waals surface area contributed by atoms with Gasteiger partial charge in [-0.05, 0) is 25.1 Å². The van der Waals surface area contributed by atoms with Gasteiger partial charge in [-0.25, -0.2) is 4.57 Å². The van der Waals surface area contributed by atoms with Gasteiger partial charge in [-0.15, -0.1) is 0 Å². The van der Waals surface area contributed by atoms with Gasteiger partial charge in [0.1, 0.15) is 12.2 Å². The smallest absolute Gasteiger partial charge is 0.272 e. The molecule has 2 aromatic heterocycles. The van der Waals surface area contributed by atoms with Crippen LogP contribution in [0.3, 0.4) is 0 Å². The zero-order valence-corrected chi connectivity index (χ0v) is 8.72. The maximum Gasteiger partial charge on any atom is 0.272 e. The Hall–Kier alpha value is -1.90. The van der Waals surface area contributed by atoms with E-state index in [0.29, 0.717) is 0 Å². The Morgan fingerprint density at radius 1 is 1.20 bits per heavy atom. The lowest BCUT2D eigenvalue weighted by atomic mass is 10.3. The lowest BCUT2D eigenvalue weighted by Crippen LogP contribution is -2.40. The summed E-state index contributed by atoms with van der Waals surface area (Å²) in [6.07, 6.45) is 1.80. The minimum atomic E-state index is 0.722. The summed E-state index contributed by atoms with van der Waals surface area (Å²) in [4.78, 5) is 4.28. The average Bonchev–Trinajstić information content (AvgIpc) is 2.25. The van der Waals surface area contributed by atoms with E-state index in [9.17, 15) is 0 Å². The Labute approximate surface area is 89.2 Å². The van der Waals surface area contributed by atoms with Gasteiger partial charge >= 0.3 is 0 Å². The molecular formula is C12H14N3+. The minimum absolute atomic E-state index is 0.722. The summed E-state index contributed by atoms with van der Waals surface area (Å²) in [5, 5.41) is 0. The number of nitrogens with two attached hydrogens (primary N) is 1. The van der Waals surface area contributed by atoms with Crippen LogP contribution < -0.4 is 10.3 Å². The van der Waals surface area contributed by atoms with E-state index in [1.165, 1.54) is 0 Å². The van der Waals surface area contributed by atoms with E-state index >= 15 is 0 Å². The minimum Gasteiger partial charge on any atom is -0.287 e.